The highest BCUT2D eigenvalue weighted by atomic mass is 35.5. The van der Waals surface area contributed by atoms with Gasteiger partial charge in [0.25, 0.3) is 5.91 Å². The molecule has 1 aromatic carbocycles. The first kappa shape index (κ1) is 23.3. The van der Waals surface area contributed by atoms with Gasteiger partial charge < -0.3 is 10.2 Å². The van der Waals surface area contributed by atoms with E-state index in [-0.39, 0.29) is 16.5 Å². The highest BCUT2D eigenvalue weighted by Gasteiger charge is 2.25. The van der Waals surface area contributed by atoms with Crippen LogP contribution in [0.4, 0.5) is 15.3 Å². The maximum absolute atomic E-state index is 14.3. The minimum Gasteiger partial charge on any atom is -0.336 e. The number of pyridine rings is 1. The van der Waals surface area contributed by atoms with Crippen LogP contribution < -0.4 is 5.32 Å². The van der Waals surface area contributed by atoms with Gasteiger partial charge in [0.15, 0.2) is 16.8 Å². The maximum Gasteiger partial charge on any atom is 0.256 e. The molecule has 0 aliphatic carbocycles. The second-order valence-electron chi connectivity index (χ2n) is 7.99. The van der Waals surface area contributed by atoms with Crippen molar-refractivity contribution >= 4 is 39.8 Å². The SMILES string of the molecule is Cn1nnnc1-c1cc(CN2CCN(C(=O)c3cccc(Cl)c3F)CC2)nc(Nc2nccs2)c1. The molecule has 0 atom stereocenters. The molecule has 35 heavy (non-hydrogen) atoms. The van der Waals surface area contributed by atoms with Crippen molar-refractivity contribution in [3.8, 4) is 11.4 Å². The molecule has 180 valence electrons. The molecule has 13 heteroatoms. The number of benzene rings is 1. The van der Waals surface area contributed by atoms with Crippen molar-refractivity contribution in [3.63, 3.8) is 0 Å². The minimum absolute atomic E-state index is 0.00416. The molecule has 0 radical (unpaired) electrons. The number of anilines is 2. The van der Waals surface area contributed by atoms with E-state index in [9.17, 15) is 9.18 Å². The first-order valence-electron chi connectivity index (χ1n) is 10.8. The molecular formula is C22H21ClFN9OS. The average molecular weight is 514 g/mol. The molecule has 10 nitrogen and oxygen atoms in total. The topological polar surface area (TPSA) is 105 Å². The Morgan fingerprint density at radius 1 is 1.23 bits per heavy atom. The third-order valence-electron chi connectivity index (χ3n) is 5.65. The van der Waals surface area contributed by atoms with Crippen LogP contribution in [0.2, 0.25) is 5.02 Å². The third-order valence-corrected chi connectivity index (χ3v) is 6.63. The van der Waals surface area contributed by atoms with Crippen molar-refractivity contribution in [2.75, 3.05) is 31.5 Å². The molecule has 1 N–H and O–H groups in total. The van der Waals surface area contributed by atoms with Gasteiger partial charge in [0.05, 0.1) is 16.3 Å². The highest BCUT2D eigenvalue weighted by Crippen LogP contribution is 2.25. The normalized spacial score (nSPS) is 14.3. The molecule has 1 amide bonds. The van der Waals surface area contributed by atoms with E-state index in [1.807, 2.05) is 17.5 Å². The molecule has 0 unspecified atom stereocenters. The number of carbonyl (C=O) groups is 1. The average Bonchev–Trinajstić information content (AvgIpc) is 3.52. The predicted octanol–water partition coefficient (Wildman–Crippen LogP) is 3.22. The van der Waals surface area contributed by atoms with E-state index in [2.05, 4.69) is 30.7 Å². The van der Waals surface area contributed by atoms with E-state index in [1.165, 1.54) is 23.5 Å². The third kappa shape index (κ3) is 5.14. The van der Waals surface area contributed by atoms with Crippen molar-refractivity contribution in [3.05, 3.63) is 64.0 Å². The Bertz CT molecular complexity index is 1340. The Balaban J connectivity index is 1.30. The number of aromatic nitrogens is 6. The Labute approximate surface area is 209 Å². The van der Waals surface area contributed by atoms with E-state index in [4.69, 9.17) is 16.6 Å². The number of halogens is 2. The number of amides is 1. The summed E-state index contributed by atoms with van der Waals surface area (Å²) >= 11 is 7.32. The first-order valence-corrected chi connectivity index (χ1v) is 12.1. The fraction of sp³-hybridized carbons (Fsp3) is 0.273. The second kappa shape index (κ2) is 10.0. The van der Waals surface area contributed by atoms with Gasteiger partial charge >= 0.3 is 0 Å². The van der Waals surface area contributed by atoms with E-state index < -0.39 is 5.82 Å². The number of piperazine rings is 1. The van der Waals surface area contributed by atoms with E-state index in [0.717, 1.165) is 16.4 Å². The van der Waals surface area contributed by atoms with Crippen LogP contribution >= 0.6 is 22.9 Å². The summed E-state index contributed by atoms with van der Waals surface area (Å²) < 4.78 is 15.9. The summed E-state index contributed by atoms with van der Waals surface area (Å²) in [5.74, 6) is 0.228. The zero-order chi connectivity index (χ0) is 24.4. The molecule has 1 fully saturated rings. The summed E-state index contributed by atoms with van der Waals surface area (Å²) in [7, 11) is 1.78. The monoisotopic (exact) mass is 513 g/mol. The van der Waals surface area contributed by atoms with E-state index >= 15 is 0 Å². The van der Waals surface area contributed by atoms with Crippen LogP contribution in [0.25, 0.3) is 11.4 Å². The van der Waals surface area contributed by atoms with Crippen molar-refractivity contribution < 1.29 is 9.18 Å². The fourth-order valence-corrected chi connectivity index (χ4v) is 4.62. The number of nitrogens with zero attached hydrogens (tertiary/aromatic N) is 8. The van der Waals surface area contributed by atoms with Crippen molar-refractivity contribution in [2.45, 2.75) is 6.54 Å². The number of aryl methyl sites for hydroxylation is 1. The van der Waals surface area contributed by atoms with Crippen LogP contribution in [0.3, 0.4) is 0 Å². The molecule has 1 saturated heterocycles. The van der Waals surface area contributed by atoms with Gasteiger partial charge in [-0.2, -0.15) is 0 Å². The van der Waals surface area contributed by atoms with E-state index in [0.29, 0.717) is 44.4 Å². The number of hydrogen-bond acceptors (Lipinski definition) is 9. The van der Waals surface area contributed by atoms with Gasteiger partial charge in [-0.1, -0.05) is 17.7 Å². The quantitative estimate of drug-likeness (QED) is 0.419. The lowest BCUT2D eigenvalue weighted by atomic mass is 10.1. The van der Waals surface area contributed by atoms with Crippen LogP contribution in [0.5, 0.6) is 0 Å². The van der Waals surface area contributed by atoms with E-state index in [1.54, 1.807) is 28.9 Å². The summed E-state index contributed by atoms with van der Waals surface area (Å²) in [4.78, 5) is 25.7. The van der Waals surface area contributed by atoms with Gasteiger partial charge in [-0.15, -0.1) is 16.4 Å². The molecule has 4 heterocycles. The Morgan fingerprint density at radius 3 is 2.77 bits per heavy atom. The van der Waals surface area contributed by atoms with Crippen molar-refractivity contribution in [1.29, 1.82) is 0 Å². The number of nitrogens with one attached hydrogen (secondary N) is 1. The molecule has 0 spiro atoms. The van der Waals surface area contributed by atoms with Crippen molar-refractivity contribution in [2.24, 2.45) is 7.05 Å². The van der Waals surface area contributed by atoms with Gasteiger partial charge in [-0.25, -0.2) is 19.0 Å². The lowest BCUT2D eigenvalue weighted by molar-refractivity contribution is 0.0622. The molecular weight excluding hydrogens is 493 g/mol. The minimum atomic E-state index is -0.680. The van der Waals surface area contributed by atoms with Crippen LogP contribution in [0.1, 0.15) is 16.1 Å². The van der Waals surface area contributed by atoms with Crippen molar-refractivity contribution in [1.82, 2.24) is 40.0 Å². The molecule has 3 aromatic heterocycles. The molecule has 5 rings (SSSR count). The maximum atomic E-state index is 14.3. The van der Waals surface area contributed by atoms with Gasteiger partial charge in [0.2, 0.25) is 0 Å². The number of rotatable bonds is 6. The molecule has 0 bridgehead atoms. The summed E-state index contributed by atoms with van der Waals surface area (Å²) in [5, 5.41) is 17.6. The Morgan fingerprint density at radius 2 is 2.06 bits per heavy atom. The summed E-state index contributed by atoms with van der Waals surface area (Å²) in [6.45, 7) is 2.77. The molecule has 1 aliphatic heterocycles. The second-order valence-corrected chi connectivity index (χ2v) is 9.29. The first-order chi connectivity index (χ1) is 17.0. The lowest BCUT2D eigenvalue weighted by Crippen LogP contribution is -2.48. The van der Waals surface area contributed by atoms with Gasteiger partial charge in [-0.3, -0.25) is 9.69 Å². The predicted molar refractivity (Wildman–Crippen MR) is 130 cm³/mol. The highest BCUT2D eigenvalue weighted by molar-refractivity contribution is 7.13. The fourth-order valence-electron chi connectivity index (χ4n) is 3.91. The van der Waals surface area contributed by atoms with Crippen LogP contribution in [-0.4, -0.2) is 72.1 Å². The zero-order valence-electron chi connectivity index (χ0n) is 18.7. The van der Waals surface area contributed by atoms with Gasteiger partial charge in [0.1, 0.15) is 5.82 Å². The zero-order valence-corrected chi connectivity index (χ0v) is 20.3. The smallest absolute Gasteiger partial charge is 0.256 e. The molecule has 1 aliphatic rings. The summed E-state index contributed by atoms with van der Waals surface area (Å²) in [5.41, 5.74) is 1.65. The molecule has 0 saturated carbocycles. The Hall–Kier alpha value is -3.48. The number of tetrazole rings is 1. The van der Waals surface area contributed by atoms with Crippen LogP contribution in [0.15, 0.2) is 41.9 Å². The van der Waals surface area contributed by atoms with Crippen LogP contribution in [0, 0.1) is 5.82 Å². The summed E-state index contributed by atoms with van der Waals surface area (Å²) in [6.07, 6.45) is 1.72. The Kier molecular flexibility index (Phi) is 6.66. The lowest BCUT2D eigenvalue weighted by Gasteiger charge is -2.34. The van der Waals surface area contributed by atoms with Gasteiger partial charge in [-0.05, 0) is 34.7 Å². The standard InChI is InChI=1S/C22H21ClFN9OS/c1-31-20(28-29-30-31)14-11-15(26-18(12-14)27-22-25-5-10-35-22)13-32-6-8-33(9-7-32)21(34)16-3-2-4-17(23)19(16)24/h2-5,10-12H,6-9,13H2,1H3,(H,25,26,27). The van der Waals surface area contributed by atoms with Gasteiger partial charge in [0, 0.05) is 56.9 Å². The molecule has 4 aromatic rings. The largest absolute Gasteiger partial charge is 0.336 e. The van der Waals surface area contributed by atoms with Crippen LogP contribution in [-0.2, 0) is 13.6 Å². The summed E-state index contributed by atoms with van der Waals surface area (Å²) in [6, 6.07) is 8.31. The number of carbonyl (C=O) groups excluding carboxylic acids is 1. The number of hydrogen-bond donors (Lipinski definition) is 1. The number of thiazole rings is 1.